The molecule has 6 heteroatoms. The van der Waals surface area contributed by atoms with Crippen LogP contribution < -0.4 is 15.1 Å². The summed E-state index contributed by atoms with van der Waals surface area (Å²) in [4.78, 5) is 17.4. The summed E-state index contributed by atoms with van der Waals surface area (Å²) in [5, 5.41) is 3.00. The predicted octanol–water partition coefficient (Wildman–Crippen LogP) is 2.46. The number of hydrogen-bond donors (Lipinski definition) is 1. The molecule has 1 N–H and O–H groups in total. The molecule has 2 heterocycles. The van der Waals surface area contributed by atoms with E-state index in [4.69, 9.17) is 4.74 Å². The highest BCUT2D eigenvalue weighted by Gasteiger charge is 2.41. The van der Waals surface area contributed by atoms with Gasteiger partial charge in [0.15, 0.2) is 0 Å². The van der Waals surface area contributed by atoms with Crippen molar-refractivity contribution in [2.24, 2.45) is 5.92 Å². The summed E-state index contributed by atoms with van der Waals surface area (Å²) >= 11 is 0. The zero-order valence-corrected chi connectivity index (χ0v) is 16.1. The van der Waals surface area contributed by atoms with Crippen LogP contribution >= 0.6 is 0 Å². The van der Waals surface area contributed by atoms with Crippen molar-refractivity contribution in [3.63, 3.8) is 0 Å². The van der Waals surface area contributed by atoms with Crippen LogP contribution in [0.15, 0.2) is 48.5 Å². The number of amides is 1. The van der Waals surface area contributed by atoms with E-state index in [9.17, 15) is 9.18 Å². The molecule has 4 rings (SSSR count). The summed E-state index contributed by atoms with van der Waals surface area (Å²) in [6, 6.07) is 15.2. The number of para-hydroxylation sites is 2. The van der Waals surface area contributed by atoms with Gasteiger partial charge in [-0.3, -0.25) is 4.79 Å². The van der Waals surface area contributed by atoms with Gasteiger partial charge in [-0.1, -0.05) is 30.3 Å². The third-order valence-corrected chi connectivity index (χ3v) is 5.76. The smallest absolute Gasteiger partial charge is 0.225 e. The maximum atomic E-state index is 14.3. The third-order valence-electron chi connectivity index (χ3n) is 5.76. The summed E-state index contributed by atoms with van der Waals surface area (Å²) in [7, 11) is 1.62. The molecule has 1 fully saturated rings. The van der Waals surface area contributed by atoms with E-state index in [2.05, 4.69) is 27.2 Å². The number of halogens is 1. The molecule has 28 heavy (non-hydrogen) atoms. The van der Waals surface area contributed by atoms with Gasteiger partial charge in [0.25, 0.3) is 0 Å². The maximum absolute atomic E-state index is 14.3. The molecule has 2 atom stereocenters. The van der Waals surface area contributed by atoms with E-state index in [-0.39, 0.29) is 23.7 Å². The molecule has 0 spiro atoms. The number of methoxy groups -OCH3 is 1. The minimum absolute atomic E-state index is 0.00537. The number of ether oxygens (including phenoxy) is 1. The number of fused-ring (bicyclic) bond motifs is 3. The summed E-state index contributed by atoms with van der Waals surface area (Å²) in [5.41, 5.74) is 3.01. The molecule has 0 bridgehead atoms. The minimum atomic E-state index is -0.215. The van der Waals surface area contributed by atoms with Crippen molar-refractivity contribution < 1.29 is 13.9 Å². The quantitative estimate of drug-likeness (QED) is 0.806. The molecule has 2 aliphatic heterocycles. The van der Waals surface area contributed by atoms with Crippen LogP contribution in [-0.4, -0.2) is 51.8 Å². The Kier molecular flexibility index (Phi) is 5.48. The zero-order chi connectivity index (χ0) is 19.5. The van der Waals surface area contributed by atoms with Crippen LogP contribution in [0, 0.1) is 11.7 Å². The molecule has 0 aromatic heterocycles. The van der Waals surface area contributed by atoms with E-state index < -0.39 is 0 Å². The number of nitrogens with zero attached hydrogens (tertiary/aromatic N) is 2. The first-order valence-electron chi connectivity index (χ1n) is 9.79. The number of nitrogens with one attached hydrogen (secondary N) is 1. The van der Waals surface area contributed by atoms with Crippen LogP contribution in [0.5, 0.6) is 0 Å². The summed E-state index contributed by atoms with van der Waals surface area (Å²) in [6.07, 6.45) is 0.696. The van der Waals surface area contributed by atoms with Crippen molar-refractivity contribution >= 4 is 17.3 Å². The summed E-state index contributed by atoms with van der Waals surface area (Å²) in [5.74, 6) is -0.355. The van der Waals surface area contributed by atoms with Gasteiger partial charge in [0.1, 0.15) is 5.82 Å². The zero-order valence-electron chi connectivity index (χ0n) is 16.1. The minimum Gasteiger partial charge on any atom is -0.383 e. The van der Waals surface area contributed by atoms with Crippen LogP contribution in [0.25, 0.3) is 0 Å². The number of piperazine rings is 1. The number of carbonyl (C=O) groups is 1. The Hall–Kier alpha value is -2.60. The average Bonchev–Trinajstić information content (AvgIpc) is 2.73. The van der Waals surface area contributed by atoms with Crippen molar-refractivity contribution in [1.29, 1.82) is 0 Å². The lowest BCUT2D eigenvalue weighted by Gasteiger charge is -2.49. The second kappa shape index (κ2) is 8.19. The first-order valence-corrected chi connectivity index (χ1v) is 9.79. The molecular weight excluding hydrogens is 357 g/mol. The second-order valence-corrected chi connectivity index (χ2v) is 7.38. The van der Waals surface area contributed by atoms with Gasteiger partial charge in [-0.15, -0.1) is 0 Å². The Bertz CT molecular complexity index is 844. The van der Waals surface area contributed by atoms with Crippen molar-refractivity contribution in [2.45, 2.75) is 12.5 Å². The molecule has 0 unspecified atom stereocenters. The SMILES string of the molecule is COCCNC(=O)[C@H]1Cc2ccccc2N2CCN(c3ccccc3F)C[C@@H]12. The van der Waals surface area contributed by atoms with Gasteiger partial charge in [0.2, 0.25) is 5.91 Å². The molecular formula is C22H26FN3O2. The fraction of sp³-hybridized carbons (Fsp3) is 0.409. The van der Waals surface area contributed by atoms with Gasteiger partial charge in [-0.05, 0) is 30.2 Å². The van der Waals surface area contributed by atoms with E-state index >= 15 is 0 Å². The highest BCUT2D eigenvalue weighted by atomic mass is 19.1. The Morgan fingerprint density at radius 1 is 1.14 bits per heavy atom. The van der Waals surface area contributed by atoms with Gasteiger partial charge < -0.3 is 19.9 Å². The summed E-state index contributed by atoms with van der Waals surface area (Å²) in [6.45, 7) is 3.10. The van der Waals surface area contributed by atoms with E-state index in [1.807, 2.05) is 24.3 Å². The molecule has 5 nitrogen and oxygen atoms in total. The highest BCUT2D eigenvalue weighted by Crippen LogP contribution is 2.37. The van der Waals surface area contributed by atoms with Gasteiger partial charge in [0, 0.05) is 39.0 Å². The standard InChI is InChI=1S/C22H26FN3O2/c1-28-13-10-24-22(27)17-14-16-6-2-4-8-19(16)26-12-11-25(15-21(17)26)20-9-5-3-7-18(20)23/h2-9,17,21H,10-15H2,1H3,(H,24,27)/t17-,21-/m0/s1. The van der Waals surface area contributed by atoms with Gasteiger partial charge >= 0.3 is 0 Å². The molecule has 2 aliphatic rings. The number of carbonyl (C=O) groups excluding carboxylic acids is 1. The van der Waals surface area contributed by atoms with Crippen LogP contribution in [0.2, 0.25) is 0 Å². The molecule has 0 radical (unpaired) electrons. The van der Waals surface area contributed by atoms with E-state index in [0.29, 0.717) is 31.8 Å². The molecule has 148 valence electrons. The molecule has 1 saturated heterocycles. The first kappa shape index (κ1) is 18.7. The van der Waals surface area contributed by atoms with Gasteiger partial charge in [-0.25, -0.2) is 4.39 Å². The maximum Gasteiger partial charge on any atom is 0.225 e. The fourth-order valence-electron chi connectivity index (χ4n) is 4.39. The summed E-state index contributed by atoms with van der Waals surface area (Å²) < 4.78 is 19.4. The fourth-order valence-corrected chi connectivity index (χ4v) is 4.39. The van der Waals surface area contributed by atoms with Crippen LogP contribution in [0.3, 0.4) is 0 Å². The van der Waals surface area contributed by atoms with E-state index in [0.717, 1.165) is 13.1 Å². The molecule has 0 aliphatic carbocycles. The van der Waals surface area contributed by atoms with Crippen LogP contribution in [0.4, 0.5) is 15.8 Å². The van der Waals surface area contributed by atoms with Crippen LogP contribution in [-0.2, 0) is 16.0 Å². The van der Waals surface area contributed by atoms with Crippen LogP contribution in [0.1, 0.15) is 5.56 Å². The van der Waals surface area contributed by atoms with Crippen molar-refractivity contribution in [3.8, 4) is 0 Å². The van der Waals surface area contributed by atoms with Crippen molar-refractivity contribution in [1.82, 2.24) is 5.32 Å². The monoisotopic (exact) mass is 383 g/mol. The normalized spacial score (nSPS) is 21.1. The number of rotatable bonds is 5. The molecule has 2 aromatic rings. The highest BCUT2D eigenvalue weighted by molar-refractivity contribution is 5.82. The van der Waals surface area contributed by atoms with Gasteiger partial charge in [0.05, 0.1) is 24.3 Å². The van der Waals surface area contributed by atoms with E-state index in [1.165, 1.54) is 17.3 Å². The lowest BCUT2D eigenvalue weighted by atomic mass is 9.83. The largest absolute Gasteiger partial charge is 0.383 e. The number of benzene rings is 2. The lowest BCUT2D eigenvalue weighted by Crippen LogP contribution is -2.61. The molecule has 0 saturated carbocycles. The lowest BCUT2D eigenvalue weighted by molar-refractivity contribution is -0.126. The topological polar surface area (TPSA) is 44.8 Å². The Morgan fingerprint density at radius 2 is 1.89 bits per heavy atom. The molecule has 1 amide bonds. The van der Waals surface area contributed by atoms with E-state index in [1.54, 1.807) is 13.2 Å². The number of anilines is 2. The Labute approximate surface area is 165 Å². The number of hydrogen-bond acceptors (Lipinski definition) is 4. The predicted molar refractivity (Wildman–Crippen MR) is 108 cm³/mol. The molecule has 2 aromatic carbocycles. The van der Waals surface area contributed by atoms with Crippen molar-refractivity contribution in [2.75, 3.05) is 49.7 Å². The van der Waals surface area contributed by atoms with Gasteiger partial charge in [-0.2, -0.15) is 0 Å². The Balaban J connectivity index is 1.61. The second-order valence-electron chi connectivity index (χ2n) is 7.38. The average molecular weight is 383 g/mol. The Morgan fingerprint density at radius 3 is 2.68 bits per heavy atom. The first-order chi connectivity index (χ1) is 13.7. The third kappa shape index (κ3) is 3.56. The van der Waals surface area contributed by atoms with Crippen molar-refractivity contribution in [3.05, 3.63) is 59.9 Å².